The van der Waals surface area contributed by atoms with Crippen molar-refractivity contribution < 1.29 is 0 Å². The average molecular weight is 255 g/mol. The number of nitrogens with two attached hydrogens (primary N) is 1. The summed E-state index contributed by atoms with van der Waals surface area (Å²) in [5, 5.41) is 0. The van der Waals surface area contributed by atoms with Crippen LogP contribution < -0.4 is 5.73 Å². The maximum Gasteiger partial charge on any atom is 0.109 e. The monoisotopic (exact) mass is 255 g/mol. The molecule has 3 rings (SSSR count). The topological polar surface area (TPSA) is 43.8 Å². The molecule has 0 aliphatic carbocycles. The number of aromatic nitrogens is 2. The lowest BCUT2D eigenvalue weighted by Gasteiger charge is -2.19. The number of hydrogen-bond acceptors (Lipinski definition) is 2. The van der Waals surface area contributed by atoms with Gasteiger partial charge in [-0.3, -0.25) is 0 Å². The molecule has 1 unspecified atom stereocenters. The first-order valence-corrected chi connectivity index (χ1v) is 7.17. The molecule has 3 nitrogen and oxygen atoms in total. The number of hydrogen-bond donors (Lipinski definition) is 1. The second-order valence-corrected chi connectivity index (χ2v) is 5.44. The zero-order valence-electron chi connectivity index (χ0n) is 11.5. The predicted octanol–water partition coefficient (Wildman–Crippen LogP) is 2.78. The van der Waals surface area contributed by atoms with Crippen LogP contribution in [0.1, 0.15) is 31.2 Å². The minimum absolute atomic E-state index is 0.279. The van der Waals surface area contributed by atoms with Gasteiger partial charge in [0.2, 0.25) is 0 Å². The predicted molar refractivity (Wildman–Crippen MR) is 78.0 cm³/mol. The van der Waals surface area contributed by atoms with Gasteiger partial charge >= 0.3 is 0 Å². The van der Waals surface area contributed by atoms with E-state index >= 15 is 0 Å². The Labute approximate surface area is 114 Å². The summed E-state index contributed by atoms with van der Waals surface area (Å²) in [7, 11) is 0. The summed E-state index contributed by atoms with van der Waals surface area (Å²) in [5.74, 6) is 1.18. The van der Waals surface area contributed by atoms with Crippen molar-refractivity contribution in [3.63, 3.8) is 0 Å². The summed E-state index contributed by atoms with van der Waals surface area (Å²) in [4.78, 5) is 4.74. The van der Waals surface area contributed by atoms with E-state index in [1.807, 2.05) is 0 Å². The molecule has 1 atom stereocenters. The van der Waals surface area contributed by atoms with E-state index in [0.717, 1.165) is 31.5 Å². The fraction of sp³-hybridized carbons (Fsp3) is 0.438. The molecule has 0 saturated carbocycles. The third-order valence-electron chi connectivity index (χ3n) is 3.82. The number of imidazole rings is 1. The van der Waals surface area contributed by atoms with Crippen LogP contribution in [0.5, 0.6) is 0 Å². The first-order valence-electron chi connectivity index (χ1n) is 7.17. The number of fused-ring (bicyclic) bond motifs is 1. The Hall–Kier alpha value is -1.61. The SMILES string of the molecule is CCCc1ccc(-c2cn3c(n2)CCC(N)C3)cc1. The van der Waals surface area contributed by atoms with Crippen LogP contribution >= 0.6 is 0 Å². The molecular formula is C16H21N3. The van der Waals surface area contributed by atoms with Crippen LogP contribution in [0, 0.1) is 0 Å². The molecule has 0 amide bonds. The Balaban J connectivity index is 1.86. The fourth-order valence-electron chi connectivity index (χ4n) is 2.74. The van der Waals surface area contributed by atoms with Crippen molar-refractivity contribution in [2.45, 2.75) is 45.2 Å². The number of rotatable bonds is 3. The van der Waals surface area contributed by atoms with E-state index in [0.29, 0.717) is 0 Å². The molecule has 3 heteroatoms. The largest absolute Gasteiger partial charge is 0.333 e. The molecule has 0 saturated heterocycles. The van der Waals surface area contributed by atoms with E-state index in [-0.39, 0.29) is 6.04 Å². The van der Waals surface area contributed by atoms with Crippen LogP contribution in [0.3, 0.4) is 0 Å². The maximum atomic E-state index is 6.00. The van der Waals surface area contributed by atoms with E-state index in [1.165, 1.54) is 23.4 Å². The lowest BCUT2D eigenvalue weighted by Crippen LogP contribution is -2.31. The van der Waals surface area contributed by atoms with E-state index in [4.69, 9.17) is 10.7 Å². The van der Waals surface area contributed by atoms with Gasteiger partial charge in [0.15, 0.2) is 0 Å². The molecule has 2 N–H and O–H groups in total. The number of benzene rings is 1. The summed E-state index contributed by atoms with van der Waals surface area (Å²) < 4.78 is 2.21. The highest BCUT2D eigenvalue weighted by molar-refractivity contribution is 5.59. The van der Waals surface area contributed by atoms with Gasteiger partial charge in [-0.05, 0) is 18.4 Å². The molecule has 1 aromatic heterocycles. The summed E-state index contributed by atoms with van der Waals surface area (Å²) in [5.41, 5.74) is 9.68. The highest BCUT2D eigenvalue weighted by Gasteiger charge is 2.17. The van der Waals surface area contributed by atoms with Gasteiger partial charge < -0.3 is 10.3 Å². The molecule has 2 heterocycles. The Morgan fingerprint density at radius 2 is 2.11 bits per heavy atom. The minimum atomic E-state index is 0.279. The highest BCUT2D eigenvalue weighted by Crippen LogP contribution is 2.22. The number of aryl methyl sites for hydroxylation is 2. The zero-order valence-corrected chi connectivity index (χ0v) is 11.5. The van der Waals surface area contributed by atoms with Gasteiger partial charge in [0.25, 0.3) is 0 Å². The summed E-state index contributed by atoms with van der Waals surface area (Å²) in [6, 6.07) is 9.06. The van der Waals surface area contributed by atoms with E-state index in [1.54, 1.807) is 0 Å². The Kier molecular flexibility index (Phi) is 3.38. The standard InChI is InChI=1S/C16H21N3/c1-2-3-12-4-6-13(7-5-12)15-11-19-10-14(17)8-9-16(19)18-15/h4-7,11,14H,2-3,8-10,17H2,1H3. The van der Waals surface area contributed by atoms with Gasteiger partial charge in [0.05, 0.1) is 5.69 Å². The van der Waals surface area contributed by atoms with Crippen LogP contribution in [-0.4, -0.2) is 15.6 Å². The number of nitrogens with zero attached hydrogens (tertiary/aromatic N) is 2. The molecule has 0 spiro atoms. The van der Waals surface area contributed by atoms with Crippen molar-refractivity contribution in [1.29, 1.82) is 0 Å². The summed E-state index contributed by atoms with van der Waals surface area (Å²) in [6.45, 7) is 3.11. The van der Waals surface area contributed by atoms with Crippen LogP contribution in [-0.2, 0) is 19.4 Å². The third-order valence-corrected chi connectivity index (χ3v) is 3.82. The summed E-state index contributed by atoms with van der Waals surface area (Å²) in [6.07, 6.45) is 6.52. The Morgan fingerprint density at radius 1 is 1.32 bits per heavy atom. The van der Waals surface area contributed by atoms with E-state index in [9.17, 15) is 0 Å². The van der Waals surface area contributed by atoms with Crippen molar-refractivity contribution in [1.82, 2.24) is 9.55 Å². The zero-order chi connectivity index (χ0) is 13.2. The van der Waals surface area contributed by atoms with Crippen LogP contribution in [0.15, 0.2) is 30.5 Å². The molecule has 1 aromatic carbocycles. The van der Waals surface area contributed by atoms with Crippen LogP contribution in [0.4, 0.5) is 0 Å². The smallest absolute Gasteiger partial charge is 0.109 e. The molecule has 100 valence electrons. The maximum absolute atomic E-state index is 6.00. The molecule has 1 aliphatic heterocycles. The molecule has 1 aliphatic rings. The first-order chi connectivity index (χ1) is 9.26. The van der Waals surface area contributed by atoms with Gasteiger partial charge in [-0.15, -0.1) is 0 Å². The Bertz CT molecular complexity index is 554. The van der Waals surface area contributed by atoms with E-state index < -0.39 is 0 Å². The van der Waals surface area contributed by atoms with Gasteiger partial charge in [0.1, 0.15) is 5.82 Å². The molecule has 2 aromatic rings. The lowest BCUT2D eigenvalue weighted by molar-refractivity contribution is 0.453. The van der Waals surface area contributed by atoms with Crippen molar-refractivity contribution in [2.75, 3.05) is 0 Å². The minimum Gasteiger partial charge on any atom is -0.333 e. The molecule has 19 heavy (non-hydrogen) atoms. The molecule has 0 fully saturated rings. The van der Waals surface area contributed by atoms with Gasteiger partial charge in [-0.1, -0.05) is 37.6 Å². The van der Waals surface area contributed by atoms with Gasteiger partial charge in [-0.25, -0.2) is 4.98 Å². The van der Waals surface area contributed by atoms with Gasteiger partial charge in [-0.2, -0.15) is 0 Å². The van der Waals surface area contributed by atoms with E-state index in [2.05, 4.69) is 42.0 Å². The molecule has 0 bridgehead atoms. The molecular weight excluding hydrogens is 234 g/mol. The quantitative estimate of drug-likeness (QED) is 0.916. The van der Waals surface area contributed by atoms with Crippen LogP contribution in [0.25, 0.3) is 11.3 Å². The second kappa shape index (κ2) is 5.17. The Morgan fingerprint density at radius 3 is 2.84 bits per heavy atom. The van der Waals surface area contributed by atoms with Crippen LogP contribution in [0.2, 0.25) is 0 Å². The third kappa shape index (κ3) is 2.56. The van der Waals surface area contributed by atoms with Crippen molar-refractivity contribution >= 4 is 0 Å². The first kappa shape index (κ1) is 12.4. The summed E-state index contributed by atoms with van der Waals surface area (Å²) >= 11 is 0. The van der Waals surface area contributed by atoms with Crippen molar-refractivity contribution in [2.24, 2.45) is 5.73 Å². The van der Waals surface area contributed by atoms with Gasteiger partial charge in [0, 0.05) is 30.8 Å². The average Bonchev–Trinajstić information content (AvgIpc) is 2.83. The fourth-order valence-corrected chi connectivity index (χ4v) is 2.74. The molecule has 0 radical (unpaired) electrons. The highest BCUT2D eigenvalue weighted by atomic mass is 15.1. The van der Waals surface area contributed by atoms with Crippen molar-refractivity contribution in [3.05, 3.63) is 41.9 Å². The lowest BCUT2D eigenvalue weighted by atomic mass is 10.1. The normalized spacial score (nSPS) is 18.3. The second-order valence-electron chi connectivity index (χ2n) is 5.44. The van der Waals surface area contributed by atoms with Crippen molar-refractivity contribution in [3.8, 4) is 11.3 Å².